The van der Waals surface area contributed by atoms with Gasteiger partial charge in [-0.2, -0.15) is 0 Å². The fourth-order valence-electron chi connectivity index (χ4n) is 1.23. The molecule has 78 valence electrons. The van der Waals surface area contributed by atoms with E-state index in [1.807, 2.05) is 29.5 Å². The van der Waals surface area contributed by atoms with Crippen LogP contribution in [0.2, 0.25) is 0 Å². The van der Waals surface area contributed by atoms with Gasteiger partial charge in [-0.25, -0.2) is 0 Å². The Morgan fingerprint density at radius 2 is 2.29 bits per heavy atom. The molecular formula is C10H15NO2S. The standard InChI is InChI=1S/C10H15NO2S/c1-10(2,9(12)13)7-11(3)8-5-4-6-14-8/h4-6H,7H2,1-3H3,(H,12,13). The van der Waals surface area contributed by atoms with Gasteiger partial charge in [-0.15, -0.1) is 11.3 Å². The number of anilines is 1. The van der Waals surface area contributed by atoms with E-state index in [0.717, 1.165) is 5.00 Å². The van der Waals surface area contributed by atoms with Gasteiger partial charge in [0.1, 0.15) is 0 Å². The maximum Gasteiger partial charge on any atom is 0.310 e. The maximum atomic E-state index is 10.9. The Morgan fingerprint density at radius 1 is 1.64 bits per heavy atom. The number of hydrogen-bond donors (Lipinski definition) is 1. The molecule has 0 unspecified atom stereocenters. The first-order valence-corrected chi connectivity index (χ1v) is 5.29. The molecule has 14 heavy (non-hydrogen) atoms. The third-order valence-corrected chi connectivity index (χ3v) is 3.08. The number of aliphatic carboxylic acids is 1. The van der Waals surface area contributed by atoms with Crippen molar-refractivity contribution < 1.29 is 9.90 Å². The van der Waals surface area contributed by atoms with Crippen molar-refractivity contribution in [3.05, 3.63) is 17.5 Å². The van der Waals surface area contributed by atoms with E-state index in [-0.39, 0.29) is 0 Å². The molecule has 0 aliphatic rings. The summed E-state index contributed by atoms with van der Waals surface area (Å²) < 4.78 is 0. The second kappa shape index (κ2) is 4.00. The van der Waals surface area contributed by atoms with E-state index in [0.29, 0.717) is 6.54 Å². The summed E-state index contributed by atoms with van der Waals surface area (Å²) in [5, 5.41) is 12.0. The lowest BCUT2D eigenvalue weighted by atomic mass is 9.93. The second-order valence-electron chi connectivity index (χ2n) is 4.00. The van der Waals surface area contributed by atoms with Gasteiger partial charge in [-0.05, 0) is 31.4 Å². The van der Waals surface area contributed by atoms with E-state index in [9.17, 15) is 4.79 Å². The highest BCUT2D eigenvalue weighted by atomic mass is 32.1. The highest BCUT2D eigenvalue weighted by Gasteiger charge is 2.28. The van der Waals surface area contributed by atoms with Crippen molar-refractivity contribution in [3.8, 4) is 0 Å². The number of nitrogens with zero attached hydrogens (tertiary/aromatic N) is 1. The van der Waals surface area contributed by atoms with Gasteiger partial charge in [0, 0.05) is 13.6 Å². The van der Waals surface area contributed by atoms with Crippen LogP contribution in [0, 0.1) is 5.41 Å². The van der Waals surface area contributed by atoms with Gasteiger partial charge in [0.15, 0.2) is 0 Å². The fraction of sp³-hybridized carbons (Fsp3) is 0.500. The molecule has 0 aliphatic carbocycles. The minimum atomic E-state index is -0.763. The van der Waals surface area contributed by atoms with Gasteiger partial charge in [0.25, 0.3) is 0 Å². The lowest BCUT2D eigenvalue weighted by Gasteiger charge is -2.26. The average molecular weight is 213 g/mol. The average Bonchev–Trinajstić information content (AvgIpc) is 2.54. The van der Waals surface area contributed by atoms with Crippen LogP contribution in [0.4, 0.5) is 5.00 Å². The molecular weight excluding hydrogens is 198 g/mol. The van der Waals surface area contributed by atoms with Gasteiger partial charge in [0.05, 0.1) is 10.4 Å². The van der Waals surface area contributed by atoms with E-state index in [4.69, 9.17) is 5.11 Å². The second-order valence-corrected chi connectivity index (χ2v) is 4.92. The number of thiophene rings is 1. The summed E-state index contributed by atoms with van der Waals surface area (Å²) in [7, 11) is 1.91. The van der Waals surface area contributed by atoms with Crippen LogP contribution >= 0.6 is 11.3 Å². The molecule has 0 aromatic carbocycles. The number of rotatable bonds is 4. The molecule has 1 aromatic rings. The Hall–Kier alpha value is -1.03. The molecule has 0 radical (unpaired) electrons. The molecule has 0 spiro atoms. The summed E-state index contributed by atoms with van der Waals surface area (Å²) in [6, 6.07) is 3.95. The lowest BCUT2D eigenvalue weighted by molar-refractivity contribution is -0.146. The molecule has 1 rings (SSSR count). The lowest BCUT2D eigenvalue weighted by Crippen LogP contribution is -2.36. The first-order valence-electron chi connectivity index (χ1n) is 4.41. The van der Waals surface area contributed by atoms with Gasteiger partial charge < -0.3 is 10.0 Å². The Balaban J connectivity index is 2.66. The van der Waals surface area contributed by atoms with Gasteiger partial charge in [-0.1, -0.05) is 0 Å². The van der Waals surface area contributed by atoms with Crippen molar-refractivity contribution in [2.75, 3.05) is 18.5 Å². The summed E-state index contributed by atoms with van der Waals surface area (Å²) in [6.07, 6.45) is 0. The SMILES string of the molecule is CN(CC(C)(C)C(=O)O)c1cccs1. The van der Waals surface area contributed by atoms with Crippen LogP contribution < -0.4 is 4.90 Å². The fourth-order valence-corrected chi connectivity index (χ4v) is 1.92. The minimum absolute atomic E-state index is 0.517. The molecule has 0 fully saturated rings. The zero-order valence-corrected chi connectivity index (χ0v) is 9.47. The van der Waals surface area contributed by atoms with E-state index >= 15 is 0 Å². The van der Waals surface area contributed by atoms with Crippen LogP contribution in [0.5, 0.6) is 0 Å². The van der Waals surface area contributed by atoms with Crippen LogP contribution in [0.3, 0.4) is 0 Å². The van der Waals surface area contributed by atoms with Crippen molar-refractivity contribution in [1.82, 2.24) is 0 Å². The minimum Gasteiger partial charge on any atom is -0.481 e. The molecule has 0 aliphatic heterocycles. The molecule has 1 aromatic heterocycles. The third-order valence-electron chi connectivity index (χ3n) is 2.09. The summed E-state index contributed by atoms with van der Waals surface area (Å²) in [5.74, 6) is -0.763. The van der Waals surface area contributed by atoms with Crippen LogP contribution in [0.1, 0.15) is 13.8 Å². The first-order chi connectivity index (χ1) is 6.43. The van der Waals surface area contributed by atoms with Crippen molar-refractivity contribution in [1.29, 1.82) is 0 Å². The zero-order chi connectivity index (χ0) is 10.8. The molecule has 1 N–H and O–H groups in total. The first kappa shape index (κ1) is 11.0. The molecule has 1 heterocycles. The van der Waals surface area contributed by atoms with E-state index in [1.165, 1.54) is 0 Å². The number of carboxylic acids is 1. The Bertz CT molecular complexity index is 306. The van der Waals surface area contributed by atoms with E-state index in [2.05, 4.69) is 0 Å². The van der Waals surface area contributed by atoms with Crippen molar-refractivity contribution >= 4 is 22.3 Å². The van der Waals surface area contributed by atoms with Gasteiger partial charge in [-0.3, -0.25) is 4.79 Å². The summed E-state index contributed by atoms with van der Waals surface area (Å²) in [4.78, 5) is 12.9. The third kappa shape index (κ3) is 2.48. The smallest absolute Gasteiger partial charge is 0.310 e. The van der Waals surface area contributed by atoms with Crippen LogP contribution in [0.25, 0.3) is 0 Å². The Kier molecular flexibility index (Phi) is 3.16. The number of carboxylic acid groups (broad SMARTS) is 1. The normalized spacial score (nSPS) is 11.4. The topological polar surface area (TPSA) is 40.5 Å². The molecule has 0 amide bonds. The molecule has 3 nitrogen and oxygen atoms in total. The summed E-state index contributed by atoms with van der Waals surface area (Å²) in [6.45, 7) is 3.99. The van der Waals surface area contributed by atoms with Crippen LogP contribution in [-0.4, -0.2) is 24.7 Å². The predicted molar refractivity (Wildman–Crippen MR) is 59.0 cm³/mol. The highest BCUT2D eigenvalue weighted by Crippen LogP contribution is 2.24. The van der Waals surface area contributed by atoms with E-state index < -0.39 is 11.4 Å². The number of carbonyl (C=O) groups is 1. The highest BCUT2D eigenvalue weighted by molar-refractivity contribution is 7.14. The zero-order valence-electron chi connectivity index (χ0n) is 8.65. The summed E-state index contributed by atoms with van der Waals surface area (Å²) in [5.41, 5.74) is -0.710. The van der Waals surface area contributed by atoms with E-state index in [1.54, 1.807) is 25.2 Å². The molecule has 0 atom stereocenters. The van der Waals surface area contributed by atoms with Crippen molar-refractivity contribution in [3.63, 3.8) is 0 Å². The van der Waals surface area contributed by atoms with Crippen molar-refractivity contribution in [2.24, 2.45) is 5.41 Å². The van der Waals surface area contributed by atoms with Crippen LogP contribution in [-0.2, 0) is 4.79 Å². The van der Waals surface area contributed by atoms with Crippen molar-refractivity contribution in [2.45, 2.75) is 13.8 Å². The monoisotopic (exact) mass is 213 g/mol. The van der Waals surface area contributed by atoms with Crippen LogP contribution in [0.15, 0.2) is 17.5 Å². The number of hydrogen-bond acceptors (Lipinski definition) is 3. The molecule has 0 saturated heterocycles. The molecule has 0 bridgehead atoms. The molecule has 4 heteroatoms. The summed E-state index contributed by atoms with van der Waals surface area (Å²) >= 11 is 1.62. The largest absolute Gasteiger partial charge is 0.481 e. The Morgan fingerprint density at radius 3 is 2.71 bits per heavy atom. The van der Waals surface area contributed by atoms with Gasteiger partial charge in [0.2, 0.25) is 0 Å². The maximum absolute atomic E-state index is 10.9. The Labute approximate surface area is 88.0 Å². The quantitative estimate of drug-likeness (QED) is 0.834. The predicted octanol–water partition coefficient (Wildman–Crippen LogP) is 2.30. The van der Waals surface area contributed by atoms with Gasteiger partial charge >= 0.3 is 5.97 Å². The molecule has 0 saturated carbocycles.